The van der Waals surface area contributed by atoms with Crippen molar-refractivity contribution in [2.24, 2.45) is 5.92 Å². The zero-order valence-corrected chi connectivity index (χ0v) is 26.1. The number of amides is 3. The van der Waals surface area contributed by atoms with E-state index in [9.17, 15) is 19.2 Å². The molecule has 3 rings (SSSR count). The second-order valence-corrected chi connectivity index (χ2v) is 11.8. The summed E-state index contributed by atoms with van der Waals surface area (Å²) in [6.45, 7) is 12.3. The first kappa shape index (κ1) is 33.3. The van der Waals surface area contributed by atoms with Crippen LogP contribution >= 0.6 is 0 Å². The Kier molecular flexibility index (Phi) is 10.9. The molecule has 0 aliphatic carbocycles. The van der Waals surface area contributed by atoms with Crippen molar-refractivity contribution in [2.45, 2.75) is 73.2 Å². The minimum atomic E-state index is -0.745. The van der Waals surface area contributed by atoms with Gasteiger partial charge in [0.05, 0.1) is 23.5 Å². The van der Waals surface area contributed by atoms with E-state index < -0.39 is 23.2 Å². The first-order valence-electron chi connectivity index (χ1n) is 14.2. The molecule has 1 aromatic heterocycles. The normalized spacial score (nSPS) is 11.1. The van der Waals surface area contributed by atoms with Gasteiger partial charge in [0.1, 0.15) is 12.1 Å². The van der Waals surface area contributed by atoms with E-state index in [-0.39, 0.29) is 42.5 Å². The second kappa shape index (κ2) is 14.3. The van der Waals surface area contributed by atoms with Gasteiger partial charge in [-0.05, 0) is 70.5 Å². The lowest BCUT2D eigenvalue weighted by atomic mass is 10.1. The smallest absolute Gasteiger partial charge is 0.412 e. The fourth-order valence-electron chi connectivity index (χ4n) is 3.97. The minimum Gasteiger partial charge on any atom is -0.444 e. The van der Waals surface area contributed by atoms with E-state index in [0.29, 0.717) is 22.5 Å². The summed E-state index contributed by atoms with van der Waals surface area (Å²) in [4.78, 5) is 56.2. The zero-order valence-electron chi connectivity index (χ0n) is 26.1. The fourth-order valence-corrected chi connectivity index (χ4v) is 3.97. The summed E-state index contributed by atoms with van der Waals surface area (Å²) in [5.41, 5.74) is 1.38. The molecule has 4 N–H and O–H groups in total. The van der Waals surface area contributed by atoms with Crippen LogP contribution in [-0.2, 0) is 27.4 Å². The zero-order chi connectivity index (χ0) is 32.6. The Bertz CT molecular complexity index is 1610. The Morgan fingerprint density at radius 3 is 2.20 bits per heavy atom. The molecule has 0 saturated heterocycles. The van der Waals surface area contributed by atoms with E-state index >= 15 is 0 Å². The lowest BCUT2D eigenvalue weighted by molar-refractivity contribution is -0.122. The highest BCUT2D eigenvalue weighted by Gasteiger charge is 2.20. The van der Waals surface area contributed by atoms with Crippen LogP contribution in [-0.4, -0.2) is 39.1 Å². The van der Waals surface area contributed by atoms with Gasteiger partial charge in [-0.1, -0.05) is 26.0 Å². The monoisotopic (exact) mass is 601 g/mol. The maximum atomic E-state index is 13.6. The Morgan fingerprint density at radius 2 is 1.64 bits per heavy atom. The molecule has 0 atom stereocenters. The van der Waals surface area contributed by atoms with Crippen molar-refractivity contribution in [1.29, 1.82) is 5.26 Å². The number of ether oxygens (including phenoxy) is 1. The first-order chi connectivity index (χ1) is 20.6. The number of carbonyl (C=O) groups is 3. The van der Waals surface area contributed by atoms with Gasteiger partial charge in [0.15, 0.2) is 5.82 Å². The van der Waals surface area contributed by atoms with Crippen molar-refractivity contribution in [3.63, 3.8) is 0 Å². The third-order valence-electron chi connectivity index (χ3n) is 6.02. The van der Waals surface area contributed by atoms with E-state index in [2.05, 4.69) is 32.3 Å². The Morgan fingerprint density at radius 1 is 1.00 bits per heavy atom. The highest BCUT2D eigenvalue weighted by Crippen LogP contribution is 2.28. The van der Waals surface area contributed by atoms with Crippen molar-refractivity contribution in [2.75, 3.05) is 16.0 Å². The average molecular weight is 602 g/mol. The minimum absolute atomic E-state index is 0.0695. The molecule has 0 spiro atoms. The number of benzene rings is 2. The molecule has 2 aromatic carbocycles. The van der Waals surface area contributed by atoms with Gasteiger partial charge < -0.3 is 20.7 Å². The molecular formula is C32H39N7O5. The third kappa shape index (κ3) is 9.69. The number of anilines is 3. The SMILES string of the molecule is CC(C)Nc1ncc(-c2cc(NC(=O)OC(C)(C)C)cc(NC(=O)C(C)C)c2)n(CC(=O)NCc2ccc(C#N)cc2)c1=O. The number of hydrogen-bond acceptors (Lipinski definition) is 8. The molecule has 0 aliphatic rings. The van der Waals surface area contributed by atoms with Crippen LogP contribution in [0.2, 0.25) is 0 Å². The van der Waals surface area contributed by atoms with Crippen molar-refractivity contribution in [1.82, 2.24) is 14.9 Å². The lowest BCUT2D eigenvalue weighted by Crippen LogP contribution is -2.35. The molecule has 0 radical (unpaired) electrons. The highest BCUT2D eigenvalue weighted by atomic mass is 16.6. The number of rotatable bonds is 10. The molecule has 0 unspecified atom stereocenters. The van der Waals surface area contributed by atoms with E-state index in [1.54, 1.807) is 77.1 Å². The van der Waals surface area contributed by atoms with Crippen LogP contribution in [0.5, 0.6) is 0 Å². The topological polar surface area (TPSA) is 167 Å². The lowest BCUT2D eigenvalue weighted by Gasteiger charge is -2.21. The predicted molar refractivity (Wildman–Crippen MR) is 169 cm³/mol. The molecule has 0 bridgehead atoms. The number of nitriles is 1. The van der Waals surface area contributed by atoms with Crippen LogP contribution in [0.25, 0.3) is 11.3 Å². The first-order valence-corrected chi connectivity index (χ1v) is 14.2. The number of aromatic nitrogens is 2. The number of carbonyl (C=O) groups excluding carboxylic acids is 3. The van der Waals surface area contributed by atoms with Crippen LogP contribution in [0.15, 0.2) is 53.5 Å². The number of hydrogen-bond donors (Lipinski definition) is 4. The van der Waals surface area contributed by atoms with Crippen LogP contribution in [0.1, 0.15) is 59.6 Å². The molecule has 3 aromatic rings. The molecule has 0 fully saturated rings. The molecule has 1 heterocycles. The van der Waals surface area contributed by atoms with Gasteiger partial charge in [0, 0.05) is 35.4 Å². The van der Waals surface area contributed by atoms with Gasteiger partial charge in [0.25, 0.3) is 5.56 Å². The highest BCUT2D eigenvalue weighted by molar-refractivity contribution is 5.95. The Balaban J connectivity index is 2.04. The molecule has 0 saturated carbocycles. The molecule has 12 heteroatoms. The van der Waals surface area contributed by atoms with Crippen LogP contribution in [0.4, 0.5) is 22.0 Å². The van der Waals surface area contributed by atoms with Crippen LogP contribution in [0, 0.1) is 17.2 Å². The van der Waals surface area contributed by atoms with Crippen molar-refractivity contribution >= 4 is 35.1 Å². The molecule has 3 amide bonds. The Labute approximate surface area is 256 Å². The van der Waals surface area contributed by atoms with Gasteiger partial charge >= 0.3 is 6.09 Å². The molecule has 0 aliphatic heterocycles. The van der Waals surface area contributed by atoms with E-state index in [4.69, 9.17) is 10.00 Å². The standard InChI is InChI=1S/C32H39N7O5/c1-19(2)29(41)37-24-12-23(13-25(14-24)38-31(43)44-32(5,6)7)26-17-35-28(36-20(3)4)30(42)39(26)18-27(40)34-16-22-10-8-21(15-33)9-11-22/h8-14,17,19-20H,16,18H2,1-7H3,(H,34,40)(H,35,36)(H,37,41)(H,38,43). The van der Waals surface area contributed by atoms with Gasteiger partial charge in [-0.3, -0.25) is 24.3 Å². The predicted octanol–water partition coefficient (Wildman–Crippen LogP) is 4.86. The summed E-state index contributed by atoms with van der Waals surface area (Å²) in [5.74, 6) is -0.933. The number of nitrogens with zero attached hydrogens (tertiary/aromatic N) is 3. The summed E-state index contributed by atoms with van der Waals surface area (Å²) >= 11 is 0. The van der Waals surface area contributed by atoms with Crippen molar-refractivity contribution < 1.29 is 19.1 Å². The summed E-state index contributed by atoms with van der Waals surface area (Å²) < 4.78 is 6.67. The maximum Gasteiger partial charge on any atom is 0.412 e. The second-order valence-electron chi connectivity index (χ2n) is 11.8. The summed E-state index contributed by atoms with van der Waals surface area (Å²) in [6.07, 6.45) is 0.755. The fraction of sp³-hybridized carbons (Fsp3) is 0.375. The maximum absolute atomic E-state index is 13.6. The van der Waals surface area contributed by atoms with Crippen LogP contribution in [0.3, 0.4) is 0 Å². The molecular weight excluding hydrogens is 562 g/mol. The van der Waals surface area contributed by atoms with Gasteiger partial charge in [-0.25, -0.2) is 9.78 Å². The van der Waals surface area contributed by atoms with Crippen LogP contribution < -0.4 is 26.8 Å². The molecule has 232 valence electrons. The Hall–Kier alpha value is -5.18. The average Bonchev–Trinajstić information content (AvgIpc) is 2.92. The van der Waals surface area contributed by atoms with Crippen molar-refractivity contribution in [3.05, 3.63) is 70.1 Å². The van der Waals surface area contributed by atoms with Crippen molar-refractivity contribution in [3.8, 4) is 17.3 Å². The third-order valence-corrected chi connectivity index (χ3v) is 6.02. The van der Waals surface area contributed by atoms with Gasteiger partial charge in [-0.2, -0.15) is 5.26 Å². The van der Waals surface area contributed by atoms with E-state index in [1.165, 1.54) is 10.8 Å². The largest absolute Gasteiger partial charge is 0.444 e. The molecule has 44 heavy (non-hydrogen) atoms. The van der Waals surface area contributed by atoms with E-state index in [1.807, 2.05) is 13.8 Å². The molecule has 12 nitrogen and oxygen atoms in total. The van der Waals surface area contributed by atoms with Gasteiger partial charge in [-0.15, -0.1) is 0 Å². The summed E-state index contributed by atoms with van der Waals surface area (Å²) in [5, 5.41) is 20.3. The van der Waals surface area contributed by atoms with Gasteiger partial charge in [0.2, 0.25) is 11.8 Å². The van der Waals surface area contributed by atoms with E-state index in [0.717, 1.165) is 5.56 Å². The number of nitrogens with one attached hydrogen (secondary N) is 4. The summed E-state index contributed by atoms with van der Waals surface area (Å²) in [7, 11) is 0. The summed E-state index contributed by atoms with van der Waals surface area (Å²) in [6, 6.07) is 13.6. The quantitative estimate of drug-likeness (QED) is 0.256.